The van der Waals surface area contributed by atoms with Crippen LogP contribution in [-0.4, -0.2) is 105 Å². The molecule has 4 heterocycles. The van der Waals surface area contributed by atoms with Crippen molar-refractivity contribution in [1.82, 2.24) is 34.4 Å². The molecule has 0 saturated carbocycles. The number of rotatable bonds is 3. The van der Waals surface area contributed by atoms with E-state index in [4.69, 9.17) is 0 Å². The van der Waals surface area contributed by atoms with Gasteiger partial charge in [0.1, 0.15) is 12.1 Å². The van der Waals surface area contributed by atoms with Crippen molar-refractivity contribution in [3.63, 3.8) is 0 Å². The minimum atomic E-state index is 0.0793. The summed E-state index contributed by atoms with van der Waals surface area (Å²) in [6.07, 6.45) is 3.39. The van der Waals surface area contributed by atoms with Gasteiger partial charge >= 0.3 is 0 Å². The zero-order chi connectivity index (χ0) is 19.7. The first-order valence-electron chi connectivity index (χ1n) is 9.66. The molecule has 2 saturated heterocycles. The Balaban J connectivity index is 1.31. The standard InChI is InChI=1S/C18H26N8O2/c1-14(27)24-7-9-25(10-8-24)16(28)12-23-3-5-26(6-4-23)18-15-11-21-22(2)17(15)19-13-20-18/h11,13H,3-10,12H2,1-2H3. The summed E-state index contributed by atoms with van der Waals surface area (Å²) in [6.45, 7) is 7.76. The molecule has 0 aliphatic carbocycles. The van der Waals surface area contributed by atoms with Gasteiger partial charge in [-0.3, -0.25) is 19.2 Å². The number of hydrogen-bond acceptors (Lipinski definition) is 7. The Kier molecular flexibility index (Phi) is 5.12. The summed E-state index contributed by atoms with van der Waals surface area (Å²) in [7, 11) is 1.87. The fourth-order valence-electron chi connectivity index (χ4n) is 3.88. The number of aromatic nitrogens is 4. The van der Waals surface area contributed by atoms with Gasteiger partial charge in [0, 0.05) is 66.3 Å². The molecule has 2 fully saturated rings. The van der Waals surface area contributed by atoms with Gasteiger partial charge in [0.25, 0.3) is 0 Å². The molecular formula is C18H26N8O2. The van der Waals surface area contributed by atoms with Crippen LogP contribution < -0.4 is 4.90 Å². The molecule has 2 aliphatic heterocycles. The fraction of sp³-hybridized carbons (Fsp3) is 0.611. The molecule has 0 spiro atoms. The smallest absolute Gasteiger partial charge is 0.236 e. The first kappa shape index (κ1) is 18.6. The zero-order valence-corrected chi connectivity index (χ0v) is 16.4. The maximum atomic E-state index is 12.6. The topological polar surface area (TPSA) is 90.7 Å². The van der Waals surface area contributed by atoms with Gasteiger partial charge in [0.15, 0.2) is 5.65 Å². The van der Waals surface area contributed by atoms with Crippen molar-refractivity contribution in [3.05, 3.63) is 12.5 Å². The molecular weight excluding hydrogens is 360 g/mol. The largest absolute Gasteiger partial charge is 0.353 e. The van der Waals surface area contributed by atoms with Crippen LogP contribution in [0, 0.1) is 0 Å². The SMILES string of the molecule is CC(=O)N1CCN(C(=O)CN2CCN(c3ncnc4c3cnn4C)CC2)CC1. The normalized spacial score (nSPS) is 18.7. The Labute approximate surface area is 163 Å². The van der Waals surface area contributed by atoms with E-state index in [-0.39, 0.29) is 11.8 Å². The van der Waals surface area contributed by atoms with Gasteiger partial charge in [0.05, 0.1) is 18.1 Å². The average molecular weight is 386 g/mol. The molecule has 0 radical (unpaired) electrons. The molecule has 150 valence electrons. The van der Waals surface area contributed by atoms with Crippen molar-refractivity contribution in [2.75, 3.05) is 63.8 Å². The number of fused-ring (bicyclic) bond motifs is 1. The van der Waals surface area contributed by atoms with Crippen LogP contribution in [0.2, 0.25) is 0 Å². The first-order chi connectivity index (χ1) is 13.5. The van der Waals surface area contributed by atoms with E-state index >= 15 is 0 Å². The van der Waals surface area contributed by atoms with Crippen LogP contribution in [0.4, 0.5) is 5.82 Å². The van der Waals surface area contributed by atoms with E-state index in [1.165, 1.54) is 0 Å². The molecule has 2 amide bonds. The highest BCUT2D eigenvalue weighted by molar-refractivity contribution is 5.86. The Morgan fingerprint density at radius 3 is 2.32 bits per heavy atom. The van der Waals surface area contributed by atoms with E-state index in [2.05, 4.69) is 24.9 Å². The third-order valence-corrected chi connectivity index (χ3v) is 5.62. The van der Waals surface area contributed by atoms with E-state index in [9.17, 15) is 9.59 Å². The van der Waals surface area contributed by atoms with Crippen molar-refractivity contribution in [2.24, 2.45) is 7.05 Å². The van der Waals surface area contributed by atoms with Gasteiger partial charge in [-0.25, -0.2) is 9.97 Å². The molecule has 2 aliphatic rings. The zero-order valence-electron chi connectivity index (χ0n) is 16.4. The second-order valence-corrected chi connectivity index (χ2v) is 7.35. The van der Waals surface area contributed by atoms with Crippen LogP contribution in [0.1, 0.15) is 6.92 Å². The van der Waals surface area contributed by atoms with E-state index in [1.54, 1.807) is 29.0 Å². The summed E-state index contributed by atoms with van der Waals surface area (Å²) < 4.78 is 1.75. The van der Waals surface area contributed by atoms with Crippen molar-refractivity contribution >= 4 is 28.7 Å². The highest BCUT2D eigenvalue weighted by Gasteiger charge is 2.26. The van der Waals surface area contributed by atoms with Gasteiger partial charge in [-0.2, -0.15) is 5.10 Å². The maximum Gasteiger partial charge on any atom is 0.236 e. The Bertz CT molecular complexity index is 866. The number of carbonyl (C=O) groups excluding carboxylic acids is 2. The van der Waals surface area contributed by atoms with Crippen LogP contribution in [0.5, 0.6) is 0 Å². The van der Waals surface area contributed by atoms with Gasteiger partial charge in [-0.1, -0.05) is 0 Å². The molecule has 0 atom stereocenters. The summed E-state index contributed by atoms with van der Waals surface area (Å²) in [6, 6.07) is 0. The number of anilines is 1. The molecule has 0 N–H and O–H groups in total. The van der Waals surface area contributed by atoms with Gasteiger partial charge in [-0.15, -0.1) is 0 Å². The predicted octanol–water partition coefficient (Wildman–Crippen LogP) is -0.824. The lowest BCUT2D eigenvalue weighted by atomic mass is 10.2. The van der Waals surface area contributed by atoms with E-state index < -0.39 is 0 Å². The quantitative estimate of drug-likeness (QED) is 0.680. The summed E-state index contributed by atoms with van der Waals surface area (Å²) in [4.78, 5) is 40.9. The minimum absolute atomic E-state index is 0.0793. The van der Waals surface area contributed by atoms with Crippen molar-refractivity contribution < 1.29 is 9.59 Å². The molecule has 0 bridgehead atoms. The third-order valence-electron chi connectivity index (χ3n) is 5.62. The Morgan fingerprint density at radius 2 is 1.64 bits per heavy atom. The molecule has 28 heavy (non-hydrogen) atoms. The molecule has 0 aromatic carbocycles. The Morgan fingerprint density at radius 1 is 0.964 bits per heavy atom. The van der Waals surface area contributed by atoms with Crippen LogP contribution in [0.3, 0.4) is 0 Å². The molecule has 2 aromatic heterocycles. The number of carbonyl (C=O) groups is 2. The van der Waals surface area contributed by atoms with Gasteiger partial charge in [0.2, 0.25) is 11.8 Å². The van der Waals surface area contributed by atoms with Crippen LogP contribution in [0.25, 0.3) is 11.0 Å². The second kappa shape index (κ2) is 7.70. The molecule has 2 aromatic rings. The highest BCUT2D eigenvalue weighted by atomic mass is 16.2. The monoisotopic (exact) mass is 386 g/mol. The highest BCUT2D eigenvalue weighted by Crippen LogP contribution is 2.23. The molecule has 4 rings (SSSR count). The molecule has 10 heteroatoms. The van der Waals surface area contributed by atoms with E-state index in [1.807, 2.05) is 11.9 Å². The van der Waals surface area contributed by atoms with E-state index in [0.717, 1.165) is 43.0 Å². The maximum absolute atomic E-state index is 12.6. The lowest BCUT2D eigenvalue weighted by Crippen LogP contribution is -2.54. The van der Waals surface area contributed by atoms with Gasteiger partial charge < -0.3 is 14.7 Å². The number of amides is 2. The summed E-state index contributed by atoms with van der Waals surface area (Å²) in [5.74, 6) is 1.13. The van der Waals surface area contributed by atoms with Crippen molar-refractivity contribution in [2.45, 2.75) is 6.92 Å². The first-order valence-corrected chi connectivity index (χ1v) is 9.66. The second-order valence-electron chi connectivity index (χ2n) is 7.35. The average Bonchev–Trinajstić information content (AvgIpc) is 3.10. The van der Waals surface area contributed by atoms with Gasteiger partial charge in [-0.05, 0) is 0 Å². The fourth-order valence-corrected chi connectivity index (χ4v) is 3.88. The molecule has 0 unspecified atom stereocenters. The van der Waals surface area contributed by atoms with Crippen molar-refractivity contribution in [1.29, 1.82) is 0 Å². The third kappa shape index (κ3) is 3.64. The molecule has 10 nitrogen and oxygen atoms in total. The number of nitrogens with zero attached hydrogens (tertiary/aromatic N) is 8. The van der Waals surface area contributed by atoms with Crippen molar-refractivity contribution in [3.8, 4) is 0 Å². The van der Waals surface area contributed by atoms with Crippen LogP contribution in [0.15, 0.2) is 12.5 Å². The van der Waals surface area contributed by atoms with E-state index in [0.29, 0.717) is 32.7 Å². The summed E-state index contributed by atoms with van der Waals surface area (Å²) in [5.41, 5.74) is 0.826. The summed E-state index contributed by atoms with van der Waals surface area (Å²) in [5, 5.41) is 5.23. The predicted molar refractivity (Wildman–Crippen MR) is 104 cm³/mol. The van der Waals surface area contributed by atoms with Crippen LogP contribution >= 0.6 is 0 Å². The van der Waals surface area contributed by atoms with Crippen LogP contribution in [-0.2, 0) is 16.6 Å². The lowest BCUT2D eigenvalue weighted by Gasteiger charge is -2.38. The number of hydrogen-bond donors (Lipinski definition) is 0. The lowest BCUT2D eigenvalue weighted by molar-refractivity contribution is -0.139. The number of piperazine rings is 2. The Hall–Kier alpha value is -2.75. The number of aryl methyl sites for hydroxylation is 1. The minimum Gasteiger partial charge on any atom is -0.353 e. The summed E-state index contributed by atoms with van der Waals surface area (Å²) >= 11 is 0.